The topological polar surface area (TPSA) is 54.5 Å². The number of carbonyl (C=O) groups excluding carboxylic acids is 1. The predicted octanol–water partition coefficient (Wildman–Crippen LogP) is 3.05. The van der Waals surface area contributed by atoms with E-state index >= 15 is 0 Å². The minimum atomic E-state index is -3.44. The molecule has 2 fully saturated rings. The maximum absolute atomic E-state index is 12.8. The van der Waals surface area contributed by atoms with E-state index in [1.807, 2.05) is 0 Å². The molecule has 1 aliphatic heterocycles. The Labute approximate surface area is 130 Å². The second kappa shape index (κ2) is 6.18. The number of piperidine rings is 1. The second-order valence-electron chi connectivity index (χ2n) is 5.93. The summed E-state index contributed by atoms with van der Waals surface area (Å²) < 4.78 is 27.7. The summed E-state index contributed by atoms with van der Waals surface area (Å²) in [7, 11) is -3.44. The van der Waals surface area contributed by atoms with Crippen molar-refractivity contribution in [1.29, 1.82) is 0 Å². The molecular weight excluding hydrogens is 306 g/mol. The number of carbonyl (C=O) groups is 1. The van der Waals surface area contributed by atoms with E-state index in [1.165, 1.54) is 11.3 Å². The summed E-state index contributed by atoms with van der Waals surface area (Å²) in [5.74, 6) is 0.174. The van der Waals surface area contributed by atoms with E-state index < -0.39 is 10.0 Å². The third kappa shape index (κ3) is 2.94. The molecule has 21 heavy (non-hydrogen) atoms. The summed E-state index contributed by atoms with van der Waals surface area (Å²) >= 11 is 1.26. The highest BCUT2D eigenvalue weighted by Crippen LogP contribution is 2.35. The molecule has 0 spiro atoms. The first-order valence-electron chi connectivity index (χ1n) is 7.69. The molecule has 2 heterocycles. The SMILES string of the molecule is O=C1CCCCC1C1CCCCN1S(=O)(=O)c1cccs1. The molecule has 1 saturated heterocycles. The molecule has 2 aliphatic rings. The number of thiophene rings is 1. The maximum Gasteiger partial charge on any atom is 0.252 e. The summed E-state index contributed by atoms with van der Waals surface area (Å²) in [5, 5.41) is 1.79. The van der Waals surface area contributed by atoms with Crippen LogP contribution in [0, 0.1) is 5.92 Å². The number of nitrogens with zero attached hydrogens (tertiary/aromatic N) is 1. The third-order valence-corrected chi connectivity index (χ3v) is 7.92. The van der Waals surface area contributed by atoms with Gasteiger partial charge in [-0.3, -0.25) is 4.79 Å². The van der Waals surface area contributed by atoms with Crippen LogP contribution in [-0.2, 0) is 14.8 Å². The molecule has 116 valence electrons. The Kier molecular flexibility index (Phi) is 4.47. The molecule has 4 nitrogen and oxygen atoms in total. The van der Waals surface area contributed by atoms with Gasteiger partial charge in [-0.25, -0.2) is 8.42 Å². The van der Waals surface area contributed by atoms with Crippen molar-refractivity contribution in [3.8, 4) is 0 Å². The lowest BCUT2D eigenvalue weighted by atomic mass is 9.80. The Morgan fingerprint density at radius 2 is 1.95 bits per heavy atom. The fourth-order valence-corrected chi connectivity index (χ4v) is 6.42. The molecule has 1 saturated carbocycles. The molecule has 0 amide bonds. The summed E-state index contributed by atoms with van der Waals surface area (Å²) in [5.41, 5.74) is 0. The van der Waals surface area contributed by atoms with Crippen molar-refractivity contribution >= 4 is 27.1 Å². The smallest absolute Gasteiger partial charge is 0.252 e. The molecule has 3 rings (SSSR count). The number of Topliss-reactive ketones (excluding diaryl/α,β-unsaturated/α-hetero) is 1. The van der Waals surface area contributed by atoms with Crippen LogP contribution in [0.2, 0.25) is 0 Å². The zero-order valence-corrected chi connectivity index (χ0v) is 13.7. The molecule has 1 aliphatic carbocycles. The fourth-order valence-electron chi connectivity index (χ4n) is 3.57. The average Bonchev–Trinajstić information content (AvgIpc) is 3.03. The molecule has 0 N–H and O–H groups in total. The Hall–Kier alpha value is -0.720. The molecular formula is C15H21NO3S2. The molecule has 2 unspecified atom stereocenters. The van der Waals surface area contributed by atoms with Gasteiger partial charge in [0.25, 0.3) is 10.0 Å². The van der Waals surface area contributed by atoms with Gasteiger partial charge in [0.15, 0.2) is 0 Å². The normalized spacial score (nSPS) is 28.7. The van der Waals surface area contributed by atoms with Gasteiger partial charge in [-0.15, -0.1) is 11.3 Å². The van der Waals surface area contributed by atoms with Crippen LogP contribution in [-0.4, -0.2) is 31.1 Å². The van der Waals surface area contributed by atoms with Gasteiger partial charge < -0.3 is 0 Å². The average molecular weight is 327 g/mol. The molecule has 0 radical (unpaired) electrons. The Morgan fingerprint density at radius 3 is 2.67 bits per heavy atom. The number of rotatable bonds is 3. The molecule has 6 heteroatoms. The maximum atomic E-state index is 12.8. The van der Waals surface area contributed by atoms with Crippen molar-refractivity contribution in [1.82, 2.24) is 4.31 Å². The first kappa shape index (κ1) is 15.2. The lowest BCUT2D eigenvalue weighted by Gasteiger charge is -2.39. The van der Waals surface area contributed by atoms with Gasteiger partial charge in [-0.2, -0.15) is 4.31 Å². The second-order valence-corrected chi connectivity index (χ2v) is 8.99. The van der Waals surface area contributed by atoms with Gasteiger partial charge >= 0.3 is 0 Å². The van der Waals surface area contributed by atoms with E-state index in [1.54, 1.807) is 21.8 Å². The number of hydrogen-bond acceptors (Lipinski definition) is 4. The van der Waals surface area contributed by atoms with Crippen LogP contribution >= 0.6 is 11.3 Å². The Morgan fingerprint density at radius 1 is 1.14 bits per heavy atom. The van der Waals surface area contributed by atoms with E-state index in [0.717, 1.165) is 38.5 Å². The summed E-state index contributed by atoms with van der Waals surface area (Å²) in [6.45, 7) is 0.550. The summed E-state index contributed by atoms with van der Waals surface area (Å²) in [4.78, 5) is 12.2. The van der Waals surface area contributed by atoms with Crippen LogP contribution in [0.15, 0.2) is 21.7 Å². The quantitative estimate of drug-likeness (QED) is 0.857. The first-order chi connectivity index (χ1) is 10.1. The van der Waals surface area contributed by atoms with Crippen molar-refractivity contribution in [2.75, 3.05) is 6.54 Å². The monoisotopic (exact) mass is 327 g/mol. The van der Waals surface area contributed by atoms with E-state index in [9.17, 15) is 13.2 Å². The highest BCUT2D eigenvalue weighted by Gasteiger charge is 2.41. The summed E-state index contributed by atoms with van der Waals surface area (Å²) in [6, 6.07) is 3.30. The Balaban J connectivity index is 1.89. The van der Waals surface area contributed by atoms with Gasteiger partial charge in [0.1, 0.15) is 9.99 Å². The molecule has 1 aromatic heterocycles. The van der Waals surface area contributed by atoms with Crippen LogP contribution in [0.5, 0.6) is 0 Å². The highest BCUT2D eigenvalue weighted by molar-refractivity contribution is 7.91. The minimum Gasteiger partial charge on any atom is -0.299 e. The van der Waals surface area contributed by atoms with Gasteiger partial charge in [0.05, 0.1) is 0 Å². The zero-order chi connectivity index (χ0) is 14.9. The van der Waals surface area contributed by atoms with E-state index in [2.05, 4.69) is 0 Å². The zero-order valence-electron chi connectivity index (χ0n) is 12.0. The van der Waals surface area contributed by atoms with Crippen LogP contribution in [0.3, 0.4) is 0 Å². The number of sulfonamides is 1. The first-order valence-corrected chi connectivity index (χ1v) is 10.0. The van der Waals surface area contributed by atoms with Gasteiger partial charge in [-0.05, 0) is 37.1 Å². The third-order valence-electron chi connectivity index (χ3n) is 4.62. The van der Waals surface area contributed by atoms with E-state index in [4.69, 9.17) is 0 Å². The van der Waals surface area contributed by atoms with Crippen molar-refractivity contribution < 1.29 is 13.2 Å². The van der Waals surface area contributed by atoms with Crippen LogP contribution in [0.1, 0.15) is 44.9 Å². The lowest BCUT2D eigenvalue weighted by Crippen LogP contribution is -2.49. The van der Waals surface area contributed by atoms with Crippen LogP contribution in [0.25, 0.3) is 0 Å². The van der Waals surface area contributed by atoms with Crippen molar-refractivity contribution in [2.24, 2.45) is 5.92 Å². The lowest BCUT2D eigenvalue weighted by molar-refractivity contribution is -0.126. The van der Waals surface area contributed by atoms with Crippen molar-refractivity contribution in [3.05, 3.63) is 17.5 Å². The van der Waals surface area contributed by atoms with Crippen LogP contribution < -0.4 is 0 Å². The van der Waals surface area contributed by atoms with Crippen molar-refractivity contribution in [2.45, 2.75) is 55.2 Å². The van der Waals surface area contributed by atoms with Gasteiger partial charge in [0, 0.05) is 24.9 Å². The standard InChI is InChI=1S/C15H21NO3S2/c17-14-8-2-1-6-12(14)13-7-3-4-10-16(13)21(18,19)15-9-5-11-20-15/h5,9,11-13H,1-4,6-8,10H2. The number of ketones is 1. The largest absolute Gasteiger partial charge is 0.299 e. The fraction of sp³-hybridized carbons (Fsp3) is 0.667. The van der Waals surface area contributed by atoms with E-state index in [0.29, 0.717) is 17.2 Å². The Bertz CT molecular complexity index is 594. The molecule has 0 aromatic carbocycles. The van der Waals surface area contributed by atoms with Crippen LogP contribution in [0.4, 0.5) is 0 Å². The van der Waals surface area contributed by atoms with Crippen molar-refractivity contribution in [3.63, 3.8) is 0 Å². The molecule has 2 atom stereocenters. The summed E-state index contributed by atoms with van der Waals surface area (Å²) in [6.07, 6.45) is 6.20. The number of hydrogen-bond donors (Lipinski definition) is 0. The van der Waals surface area contributed by atoms with Gasteiger partial charge in [-0.1, -0.05) is 18.9 Å². The van der Waals surface area contributed by atoms with Gasteiger partial charge in [0.2, 0.25) is 0 Å². The molecule has 0 bridgehead atoms. The highest BCUT2D eigenvalue weighted by atomic mass is 32.2. The molecule has 1 aromatic rings. The van der Waals surface area contributed by atoms with E-state index in [-0.39, 0.29) is 17.7 Å². The predicted molar refractivity (Wildman–Crippen MR) is 82.8 cm³/mol. The minimum absolute atomic E-state index is 0.0891.